The van der Waals surface area contributed by atoms with E-state index in [-0.39, 0.29) is 0 Å². The van der Waals surface area contributed by atoms with Gasteiger partial charge in [0.05, 0.1) is 5.69 Å². The molecule has 2 heterocycles. The van der Waals surface area contributed by atoms with Gasteiger partial charge >= 0.3 is 0 Å². The van der Waals surface area contributed by atoms with E-state index in [0.29, 0.717) is 0 Å². The van der Waals surface area contributed by atoms with E-state index in [1.807, 2.05) is 59.3 Å². The molecule has 6 nitrogen and oxygen atoms in total. The number of rotatable bonds is 3. The maximum atomic E-state index is 4.39. The summed E-state index contributed by atoms with van der Waals surface area (Å²) in [5.74, 6) is 1.51. The lowest BCUT2D eigenvalue weighted by atomic mass is 10.1. The monoisotopic (exact) mass is 288 g/mol. The van der Waals surface area contributed by atoms with Crippen LogP contribution < -0.4 is 0 Å². The topological polar surface area (TPSA) is 72.3 Å². The first-order chi connectivity index (χ1) is 10.9. The predicted octanol–water partition coefficient (Wildman–Crippen LogP) is 2.72. The number of aromatic nitrogens is 6. The Morgan fingerprint density at radius 3 is 2.50 bits per heavy atom. The molecule has 0 fully saturated rings. The first-order valence-electron chi connectivity index (χ1n) is 6.83. The summed E-state index contributed by atoms with van der Waals surface area (Å²) in [6, 6.07) is 17.9. The van der Waals surface area contributed by atoms with Gasteiger partial charge in [-0.1, -0.05) is 36.4 Å². The van der Waals surface area contributed by atoms with Gasteiger partial charge in [0.25, 0.3) is 0 Å². The molecule has 0 atom stereocenters. The maximum absolute atomic E-state index is 4.39. The second kappa shape index (κ2) is 5.25. The minimum Gasteiger partial charge on any atom is -0.259 e. The van der Waals surface area contributed by atoms with Crippen molar-refractivity contribution in [2.45, 2.75) is 0 Å². The van der Waals surface area contributed by atoms with E-state index in [2.05, 4.69) is 25.3 Å². The number of benzene rings is 2. The molecule has 0 bridgehead atoms. The van der Waals surface area contributed by atoms with Crippen molar-refractivity contribution in [1.29, 1.82) is 0 Å². The summed E-state index contributed by atoms with van der Waals surface area (Å²) in [5.41, 5.74) is 2.90. The van der Waals surface area contributed by atoms with Crippen molar-refractivity contribution < 1.29 is 0 Å². The average Bonchev–Trinajstić information content (AvgIpc) is 3.27. The summed E-state index contributed by atoms with van der Waals surface area (Å²) in [6.45, 7) is 0. The Morgan fingerprint density at radius 2 is 1.68 bits per heavy atom. The van der Waals surface area contributed by atoms with Crippen molar-refractivity contribution in [2.75, 3.05) is 0 Å². The number of nitrogens with zero attached hydrogens (tertiary/aromatic N) is 5. The number of hydrogen-bond acceptors (Lipinski definition) is 4. The minimum atomic E-state index is 0.729. The fourth-order valence-corrected chi connectivity index (χ4v) is 2.35. The number of aromatic amines is 1. The van der Waals surface area contributed by atoms with Crippen LogP contribution in [-0.2, 0) is 0 Å². The summed E-state index contributed by atoms with van der Waals surface area (Å²) in [7, 11) is 0. The lowest BCUT2D eigenvalue weighted by Crippen LogP contribution is -1.99. The van der Waals surface area contributed by atoms with Gasteiger partial charge in [-0.05, 0) is 18.2 Å². The van der Waals surface area contributed by atoms with Crippen molar-refractivity contribution in [2.24, 2.45) is 0 Å². The van der Waals surface area contributed by atoms with E-state index in [0.717, 1.165) is 28.5 Å². The van der Waals surface area contributed by atoms with Gasteiger partial charge in [0, 0.05) is 11.1 Å². The molecule has 2 aromatic heterocycles. The van der Waals surface area contributed by atoms with Gasteiger partial charge in [-0.3, -0.25) is 5.10 Å². The zero-order chi connectivity index (χ0) is 14.8. The molecule has 2 aromatic carbocycles. The highest BCUT2D eigenvalue weighted by atomic mass is 15.3. The van der Waals surface area contributed by atoms with Crippen molar-refractivity contribution in [3.63, 3.8) is 0 Å². The fraction of sp³-hybridized carbons (Fsp3) is 0. The second-order valence-corrected chi connectivity index (χ2v) is 4.75. The molecule has 0 saturated carbocycles. The Hall–Kier alpha value is -3.28. The molecule has 0 radical (unpaired) electrons. The van der Waals surface area contributed by atoms with Gasteiger partial charge in [-0.25, -0.2) is 14.6 Å². The SMILES string of the molecule is c1ccc(-n2ncnc2-c2cccc(-c3ncn[nH]3)c2)cc1. The Kier molecular flexibility index (Phi) is 2.97. The first-order valence-corrected chi connectivity index (χ1v) is 6.83. The van der Waals surface area contributed by atoms with Gasteiger partial charge in [-0.15, -0.1) is 0 Å². The van der Waals surface area contributed by atoms with Crippen LogP contribution >= 0.6 is 0 Å². The molecular weight excluding hydrogens is 276 g/mol. The van der Waals surface area contributed by atoms with Crippen LogP contribution in [0.5, 0.6) is 0 Å². The summed E-state index contributed by atoms with van der Waals surface area (Å²) in [4.78, 5) is 8.57. The van der Waals surface area contributed by atoms with Gasteiger partial charge in [-0.2, -0.15) is 10.2 Å². The molecule has 1 N–H and O–H groups in total. The second-order valence-electron chi connectivity index (χ2n) is 4.75. The van der Waals surface area contributed by atoms with Gasteiger partial charge in [0.15, 0.2) is 11.6 Å². The van der Waals surface area contributed by atoms with Gasteiger partial charge < -0.3 is 0 Å². The lowest BCUT2D eigenvalue weighted by Gasteiger charge is -2.06. The third-order valence-corrected chi connectivity index (χ3v) is 3.36. The summed E-state index contributed by atoms with van der Waals surface area (Å²) in [6.07, 6.45) is 3.05. The number of H-pyrrole nitrogens is 1. The summed E-state index contributed by atoms with van der Waals surface area (Å²) in [5, 5.41) is 11.1. The van der Waals surface area contributed by atoms with Crippen LogP contribution in [0.2, 0.25) is 0 Å². The third kappa shape index (κ3) is 2.16. The molecule has 0 spiro atoms. The van der Waals surface area contributed by atoms with E-state index < -0.39 is 0 Å². The largest absolute Gasteiger partial charge is 0.259 e. The van der Waals surface area contributed by atoms with Crippen LogP contribution in [0.1, 0.15) is 0 Å². The molecule has 0 aliphatic rings. The minimum absolute atomic E-state index is 0.729. The van der Waals surface area contributed by atoms with Crippen molar-refractivity contribution in [3.05, 3.63) is 67.3 Å². The Bertz CT molecular complexity index is 880. The van der Waals surface area contributed by atoms with Crippen molar-refractivity contribution >= 4 is 0 Å². The number of hydrogen-bond donors (Lipinski definition) is 1. The van der Waals surface area contributed by atoms with Crippen LogP contribution in [0.25, 0.3) is 28.5 Å². The quantitative estimate of drug-likeness (QED) is 0.629. The number of para-hydroxylation sites is 1. The predicted molar refractivity (Wildman–Crippen MR) is 82.2 cm³/mol. The molecule has 0 amide bonds. The zero-order valence-corrected chi connectivity index (χ0v) is 11.6. The molecular formula is C16H12N6. The molecule has 4 rings (SSSR count). The zero-order valence-electron chi connectivity index (χ0n) is 11.6. The highest BCUT2D eigenvalue weighted by Crippen LogP contribution is 2.24. The summed E-state index contributed by atoms with van der Waals surface area (Å²) < 4.78 is 1.82. The Morgan fingerprint density at radius 1 is 0.818 bits per heavy atom. The highest BCUT2D eigenvalue weighted by molar-refractivity contribution is 5.66. The van der Waals surface area contributed by atoms with Crippen molar-refractivity contribution in [1.82, 2.24) is 29.9 Å². The third-order valence-electron chi connectivity index (χ3n) is 3.36. The maximum Gasteiger partial charge on any atom is 0.163 e. The van der Waals surface area contributed by atoms with Crippen LogP contribution in [0.15, 0.2) is 67.3 Å². The van der Waals surface area contributed by atoms with Crippen molar-refractivity contribution in [3.8, 4) is 28.5 Å². The molecule has 0 unspecified atom stereocenters. The smallest absolute Gasteiger partial charge is 0.163 e. The Labute approximate surface area is 126 Å². The molecule has 22 heavy (non-hydrogen) atoms. The number of nitrogens with one attached hydrogen (secondary N) is 1. The highest BCUT2D eigenvalue weighted by Gasteiger charge is 2.10. The standard InChI is InChI=1S/C16H12N6/c1-2-7-14(8-3-1)22-16(18-11-20-22)13-6-4-5-12(9-13)15-17-10-19-21-15/h1-11H,(H,17,19,21). The van der Waals surface area contributed by atoms with Gasteiger partial charge in [0.1, 0.15) is 12.7 Å². The Balaban J connectivity index is 1.81. The first kappa shape index (κ1) is 12.5. The molecule has 0 aliphatic carbocycles. The average molecular weight is 288 g/mol. The van der Waals surface area contributed by atoms with Gasteiger partial charge in [0.2, 0.25) is 0 Å². The van der Waals surface area contributed by atoms with E-state index in [4.69, 9.17) is 0 Å². The van der Waals surface area contributed by atoms with Crippen LogP contribution in [0.3, 0.4) is 0 Å². The summed E-state index contributed by atoms with van der Waals surface area (Å²) >= 11 is 0. The molecule has 0 saturated heterocycles. The normalized spacial score (nSPS) is 10.7. The lowest BCUT2D eigenvalue weighted by molar-refractivity contribution is 0.887. The van der Waals surface area contributed by atoms with Crippen LogP contribution in [0, 0.1) is 0 Å². The van der Waals surface area contributed by atoms with E-state index in [1.54, 1.807) is 6.33 Å². The van der Waals surface area contributed by atoms with Crippen LogP contribution in [-0.4, -0.2) is 29.9 Å². The molecule has 0 aliphatic heterocycles. The fourth-order valence-electron chi connectivity index (χ4n) is 2.35. The van der Waals surface area contributed by atoms with E-state index in [9.17, 15) is 0 Å². The molecule has 6 heteroatoms. The molecule has 106 valence electrons. The molecule has 4 aromatic rings. The van der Waals surface area contributed by atoms with E-state index >= 15 is 0 Å². The van der Waals surface area contributed by atoms with E-state index in [1.165, 1.54) is 6.33 Å². The van der Waals surface area contributed by atoms with Crippen LogP contribution in [0.4, 0.5) is 0 Å².